The molecule has 0 N–H and O–H groups in total. The van der Waals surface area contributed by atoms with Crippen LogP contribution in [-0.2, 0) is 19.6 Å². The zero-order chi connectivity index (χ0) is 18.2. The minimum Gasteiger partial charge on any atom is -0.375 e. The summed E-state index contributed by atoms with van der Waals surface area (Å²) in [7, 11) is -3.61. The Labute approximate surface area is 149 Å². The lowest BCUT2D eigenvalue weighted by Crippen LogP contribution is -2.57. The van der Waals surface area contributed by atoms with Gasteiger partial charge in [0.2, 0.25) is 15.9 Å². The highest BCUT2D eigenvalue weighted by molar-refractivity contribution is 7.89. The summed E-state index contributed by atoms with van der Waals surface area (Å²) in [5.74, 6) is 0.102. The van der Waals surface area contributed by atoms with Gasteiger partial charge in [0.1, 0.15) is 0 Å². The number of sulfonamides is 1. The predicted octanol–water partition coefficient (Wildman–Crippen LogP) is 2.39. The normalized spacial score (nSPS) is 25.2. The summed E-state index contributed by atoms with van der Waals surface area (Å²) in [6, 6.07) is 6.66. The Bertz CT molecular complexity index is 743. The lowest BCUT2D eigenvalue weighted by atomic mass is 10.1. The van der Waals surface area contributed by atoms with E-state index in [0.717, 1.165) is 18.5 Å². The van der Waals surface area contributed by atoms with Crippen LogP contribution in [0, 0.1) is 0 Å². The molecule has 1 unspecified atom stereocenters. The van der Waals surface area contributed by atoms with E-state index < -0.39 is 15.6 Å². The Morgan fingerprint density at radius 3 is 2.48 bits per heavy atom. The molecule has 0 spiro atoms. The van der Waals surface area contributed by atoms with Gasteiger partial charge in [0.15, 0.2) is 0 Å². The van der Waals surface area contributed by atoms with Crippen LogP contribution < -0.4 is 4.90 Å². The third-order valence-corrected chi connectivity index (χ3v) is 6.97. The molecule has 6 nitrogen and oxygen atoms in total. The molecule has 1 atom stereocenters. The number of amides is 1. The smallest absolute Gasteiger partial charge is 0.243 e. The fourth-order valence-electron chi connectivity index (χ4n) is 3.38. The molecule has 138 valence electrons. The van der Waals surface area contributed by atoms with Crippen molar-refractivity contribution in [1.82, 2.24) is 4.31 Å². The number of carbonyl (C=O) groups excluding carboxylic acids is 1. The third kappa shape index (κ3) is 3.59. The van der Waals surface area contributed by atoms with Crippen LogP contribution in [0.1, 0.15) is 40.0 Å². The van der Waals surface area contributed by atoms with E-state index in [-0.39, 0.29) is 16.9 Å². The molecule has 25 heavy (non-hydrogen) atoms. The first-order valence-electron chi connectivity index (χ1n) is 8.77. The summed E-state index contributed by atoms with van der Waals surface area (Å²) in [6.45, 7) is 7.02. The van der Waals surface area contributed by atoms with Gasteiger partial charge in [-0.1, -0.05) is 0 Å². The molecule has 0 bridgehead atoms. The molecule has 0 radical (unpaired) electrons. The van der Waals surface area contributed by atoms with Crippen molar-refractivity contribution in [2.45, 2.75) is 56.6 Å². The van der Waals surface area contributed by atoms with Gasteiger partial charge in [-0.3, -0.25) is 4.79 Å². The van der Waals surface area contributed by atoms with Crippen LogP contribution in [0.3, 0.4) is 0 Å². The van der Waals surface area contributed by atoms with Crippen molar-refractivity contribution in [3.05, 3.63) is 24.3 Å². The van der Waals surface area contributed by atoms with Crippen molar-refractivity contribution in [2.75, 3.05) is 24.6 Å². The summed E-state index contributed by atoms with van der Waals surface area (Å²) in [5.41, 5.74) is 0.172. The maximum Gasteiger partial charge on any atom is 0.243 e. The Kier molecular flexibility index (Phi) is 4.92. The quantitative estimate of drug-likeness (QED) is 0.824. The highest BCUT2D eigenvalue weighted by Gasteiger charge is 2.41. The highest BCUT2D eigenvalue weighted by atomic mass is 32.2. The standard InChI is InChI=1S/C18H26N2O4S/c1-14-12-20(18(2,3)13-24-14)25(22,23)16-9-7-15(8-10-16)19-11-5-4-6-17(19)21/h7-10,14H,4-6,11-13H2,1-3H3. The largest absolute Gasteiger partial charge is 0.375 e. The number of ether oxygens (including phenoxy) is 1. The van der Waals surface area contributed by atoms with E-state index in [2.05, 4.69) is 0 Å². The number of hydrogen-bond acceptors (Lipinski definition) is 4. The van der Waals surface area contributed by atoms with E-state index in [4.69, 9.17) is 4.74 Å². The second-order valence-corrected chi connectivity index (χ2v) is 9.33. The SMILES string of the molecule is CC1CN(S(=O)(=O)c2ccc(N3CCCCC3=O)cc2)C(C)(C)CO1. The summed E-state index contributed by atoms with van der Waals surface area (Å²) in [4.78, 5) is 14.0. The van der Waals surface area contributed by atoms with Crippen LogP contribution in [0.2, 0.25) is 0 Å². The topological polar surface area (TPSA) is 66.9 Å². The molecule has 0 saturated carbocycles. The average Bonchev–Trinajstić information content (AvgIpc) is 2.57. The van der Waals surface area contributed by atoms with Gasteiger partial charge in [-0.15, -0.1) is 0 Å². The van der Waals surface area contributed by atoms with Crippen molar-refractivity contribution in [3.63, 3.8) is 0 Å². The van der Waals surface area contributed by atoms with Gasteiger partial charge in [-0.2, -0.15) is 4.31 Å². The number of nitrogens with zero attached hydrogens (tertiary/aromatic N) is 2. The van der Waals surface area contributed by atoms with Crippen molar-refractivity contribution in [3.8, 4) is 0 Å². The number of rotatable bonds is 3. The predicted molar refractivity (Wildman–Crippen MR) is 96.0 cm³/mol. The van der Waals surface area contributed by atoms with Crippen LogP contribution >= 0.6 is 0 Å². The summed E-state index contributed by atoms with van der Waals surface area (Å²) < 4.78 is 33.3. The molecule has 1 aromatic rings. The van der Waals surface area contributed by atoms with E-state index in [0.29, 0.717) is 26.1 Å². The zero-order valence-corrected chi connectivity index (χ0v) is 15.9. The maximum absolute atomic E-state index is 13.1. The van der Waals surface area contributed by atoms with E-state index in [9.17, 15) is 13.2 Å². The van der Waals surface area contributed by atoms with E-state index in [1.54, 1.807) is 29.2 Å². The van der Waals surface area contributed by atoms with E-state index >= 15 is 0 Å². The fourth-order valence-corrected chi connectivity index (χ4v) is 5.22. The summed E-state index contributed by atoms with van der Waals surface area (Å²) in [6.07, 6.45) is 2.32. The van der Waals surface area contributed by atoms with E-state index in [1.807, 2.05) is 20.8 Å². The lowest BCUT2D eigenvalue weighted by molar-refractivity contribution is -0.119. The van der Waals surface area contributed by atoms with Crippen LogP contribution in [0.4, 0.5) is 5.69 Å². The summed E-state index contributed by atoms with van der Waals surface area (Å²) in [5, 5.41) is 0. The summed E-state index contributed by atoms with van der Waals surface area (Å²) >= 11 is 0. The molecule has 7 heteroatoms. The molecule has 0 aromatic heterocycles. The monoisotopic (exact) mass is 366 g/mol. The molecule has 2 saturated heterocycles. The minimum absolute atomic E-state index is 0.102. The molecule has 2 aliphatic heterocycles. The molecule has 1 aromatic carbocycles. The second-order valence-electron chi connectivity index (χ2n) is 7.47. The average molecular weight is 366 g/mol. The minimum atomic E-state index is -3.61. The van der Waals surface area contributed by atoms with E-state index in [1.165, 1.54) is 4.31 Å². The number of anilines is 1. The molecule has 1 amide bonds. The van der Waals surface area contributed by atoms with Gasteiger partial charge in [0.25, 0.3) is 0 Å². The Morgan fingerprint density at radius 2 is 1.84 bits per heavy atom. The maximum atomic E-state index is 13.1. The second kappa shape index (κ2) is 6.70. The van der Waals surface area contributed by atoms with Gasteiger partial charge in [-0.05, 0) is 57.9 Å². The van der Waals surface area contributed by atoms with Gasteiger partial charge >= 0.3 is 0 Å². The number of carbonyl (C=O) groups is 1. The Balaban J connectivity index is 1.86. The van der Waals surface area contributed by atoms with Gasteiger partial charge in [0, 0.05) is 25.2 Å². The van der Waals surface area contributed by atoms with Crippen molar-refractivity contribution >= 4 is 21.6 Å². The van der Waals surface area contributed by atoms with Crippen LogP contribution in [0.15, 0.2) is 29.2 Å². The molecule has 2 fully saturated rings. The Morgan fingerprint density at radius 1 is 1.16 bits per heavy atom. The first kappa shape index (κ1) is 18.4. The van der Waals surface area contributed by atoms with Crippen molar-refractivity contribution in [2.24, 2.45) is 0 Å². The lowest BCUT2D eigenvalue weighted by Gasteiger charge is -2.43. The molecular formula is C18H26N2O4S. The van der Waals surface area contributed by atoms with Crippen LogP contribution in [-0.4, -0.2) is 50.0 Å². The Hall–Kier alpha value is -1.44. The van der Waals surface area contributed by atoms with Gasteiger partial charge in [-0.25, -0.2) is 8.42 Å². The molecule has 2 aliphatic rings. The molecule has 2 heterocycles. The molecule has 3 rings (SSSR count). The molecule has 0 aliphatic carbocycles. The number of piperidine rings is 1. The number of hydrogen-bond donors (Lipinski definition) is 0. The number of benzene rings is 1. The highest BCUT2D eigenvalue weighted by Crippen LogP contribution is 2.30. The van der Waals surface area contributed by atoms with Crippen LogP contribution in [0.25, 0.3) is 0 Å². The van der Waals surface area contributed by atoms with Crippen molar-refractivity contribution < 1.29 is 17.9 Å². The van der Waals surface area contributed by atoms with Gasteiger partial charge in [0.05, 0.1) is 23.1 Å². The zero-order valence-electron chi connectivity index (χ0n) is 15.1. The fraction of sp³-hybridized carbons (Fsp3) is 0.611. The molecular weight excluding hydrogens is 340 g/mol. The van der Waals surface area contributed by atoms with Crippen LogP contribution in [0.5, 0.6) is 0 Å². The number of morpholine rings is 1. The van der Waals surface area contributed by atoms with Crippen molar-refractivity contribution in [1.29, 1.82) is 0 Å². The first-order valence-corrected chi connectivity index (χ1v) is 10.2. The third-order valence-electron chi connectivity index (χ3n) is 4.88. The first-order chi connectivity index (χ1) is 11.7. The van der Waals surface area contributed by atoms with Gasteiger partial charge < -0.3 is 9.64 Å².